The number of hydrogen-bond acceptors (Lipinski definition) is 2. The number of nitrogens with one attached hydrogen (secondary N) is 2. The van der Waals surface area contributed by atoms with Gasteiger partial charge in [0.2, 0.25) is 5.91 Å². The molecule has 0 unspecified atom stereocenters. The van der Waals surface area contributed by atoms with Gasteiger partial charge in [0.1, 0.15) is 0 Å². The maximum atomic E-state index is 12.3. The van der Waals surface area contributed by atoms with Crippen LogP contribution >= 0.6 is 0 Å². The molecule has 0 bridgehead atoms. The van der Waals surface area contributed by atoms with E-state index in [2.05, 4.69) is 10.6 Å². The number of benzene rings is 2. The summed E-state index contributed by atoms with van der Waals surface area (Å²) in [7, 11) is 1.77. The van der Waals surface area contributed by atoms with E-state index in [9.17, 15) is 9.59 Å². The fourth-order valence-electron chi connectivity index (χ4n) is 2.22. The van der Waals surface area contributed by atoms with Crippen LogP contribution in [0.4, 0.5) is 16.2 Å². The van der Waals surface area contributed by atoms with Crippen molar-refractivity contribution in [2.75, 3.05) is 17.3 Å². The third-order valence-corrected chi connectivity index (χ3v) is 3.50. The van der Waals surface area contributed by atoms with Crippen LogP contribution in [0.3, 0.4) is 0 Å². The minimum absolute atomic E-state index is 0.0134. The highest BCUT2D eigenvalue weighted by atomic mass is 16.2. The summed E-state index contributed by atoms with van der Waals surface area (Å²) in [6.45, 7) is 3.80. The van der Waals surface area contributed by atoms with E-state index in [4.69, 9.17) is 0 Å². The van der Waals surface area contributed by atoms with Crippen molar-refractivity contribution in [3.05, 3.63) is 60.2 Å². The number of amides is 3. The van der Waals surface area contributed by atoms with Crippen LogP contribution in [0.5, 0.6) is 0 Å². The van der Waals surface area contributed by atoms with Crippen LogP contribution in [0.25, 0.3) is 0 Å². The van der Waals surface area contributed by atoms with Gasteiger partial charge in [-0.15, -0.1) is 0 Å². The Bertz CT molecular complexity index is 682. The van der Waals surface area contributed by atoms with Crippen LogP contribution < -0.4 is 15.5 Å². The summed E-state index contributed by atoms with van der Waals surface area (Å²) in [5, 5.41) is 5.52. The number of likely N-dealkylation sites (N-methyl/N-ethyl adjacent to an activating group) is 1. The first-order valence-electron chi connectivity index (χ1n) is 7.94. The summed E-state index contributed by atoms with van der Waals surface area (Å²) >= 11 is 0. The fourth-order valence-corrected chi connectivity index (χ4v) is 2.22. The Morgan fingerprint density at radius 3 is 2.21 bits per heavy atom. The Morgan fingerprint density at radius 1 is 1.00 bits per heavy atom. The number of anilines is 2. The van der Waals surface area contributed by atoms with Gasteiger partial charge in [-0.05, 0) is 43.7 Å². The van der Waals surface area contributed by atoms with Crippen molar-refractivity contribution >= 4 is 23.3 Å². The molecule has 0 fully saturated rings. The quantitative estimate of drug-likeness (QED) is 0.885. The predicted octanol–water partition coefficient (Wildman–Crippen LogP) is 3.42. The van der Waals surface area contributed by atoms with Gasteiger partial charge in [0.25, 0.3) is 0 Å². The molecular weight excluding hydrogens is 302 g/mol. The molecular formula is C19H23N3O2. The van der Waals surface area contributed by atoms with Crippen molar-refractivity contribution in [2.24, 2.45) is 0 Å². The Kier molecular flexibility index (Phi) is 5.95. The van der Waals surface area contributed by atoms with Gasteiger partial charge < -0.3 is 15.5 Å². The second-order valence-corrected chi connectivity index (χ2v) is 5.92. The maximum absolute atomic E-state index is 12.3. The lowest BCUT2D eigenvalue weighted by molar-refractivity contribution is -0.117. The molecule has 2 rings (SSSR count). The molecule has 2 aromatic carbocycles. The van der Waals surface area contributed by atoms with Gasteiger partial charge in [0, 0.05) is 24.5 Å². The van der Waals surface area contributed by atoms with Gasteiger partial charge in [0.05, 0.1) is 6.42 Å². The Morgan fingerprint density at radius 2 is 1.62 bits per heavy atom. The van der Waals surface area contributed by atoms with Crippen LogP contribution in [0.2, 0.25) is 0 Å². The van der Waals surface area contributed by atoms with Gasteiger partial charge in [-0.1, -0.05) is 30.3 Å². The fraction of sp³-hybridized carbons (Fsp3) is 0.263. The summed E-state index contributed by atoms with van der Waals surface area (Å²) in [5.74, 6) is 0.0134. The zero-order valence-electron chi connectivity index (χ0n) is 14.2. The van der Waals surface area contributed by atoms with Crippen molar-refractivity contribution in [1.29, 1.82) is 0 Å². The average molecular weight is 325 g/mol. The molecule has 2 aromatic rings. The van der Waals surface area contributed by atoms with Crippen molar-refractivity contribution in [1.82, 2.24) is 5.32 Å². The standard InChI is InChI=1S/C19H23N3O2/c1-14(2)20-19(24)21-16-11-9-15(10-12-16)13-18(23)22(3)17-7-5-4-6-8-17/h4-12,14H,13H2,1-3H3,(H2,20,21,24). The number of urea groups is 1. The van der Waals surface area contributed by atoms with Gasteiger partial charge in [-0.25, -0.2) is 4.79 Å². The molecule has 0 saturated heterocycles. The smallest absolute Gasteiger partial charge is 0.319 e. The van der Waals surface area contributed by atoms with E-state index < -0.39 is 0 Å². The lowest BCUT2D eigenvalue weighted by Gasteiger charge is -2.17. The largest absolute Gasteiger partial charge is 0.336 e. The topological polar surface area (TPSA) is 61.4 Å². The monoisotopic (exact) mass is 325 g/mol. The second kappa shape index (κ2) is 8.15. The number of nitrogens with zero attached hydrogens (tertiary/aromatic N) is 1. The number of carbonyl (C=O) groups is 2. The number of para-hydroxylation sites is 1. The van der Waals surface area contributed by atoms with E-state index in [1.807, 2.05) is 56.3 Å². The third-order valence-electron chi connectivity index (χ3n) is 3.50. The highest BCUT2D eigenvalue weighted by molar-refractivity contribution is 5.94. The average Bonchev–Trinajstić information content (AvgIpc) is 2.56. The van der Waals surface area contributed by atoms with Crippen molar-refractivity contribution < 1.29 is 9.59 Å². The first-order chi connectivity index (χ1) is 11.5. The first kappa shape index (κ1) is 17.5. The molecule has 5 heteroatoms. The molecule has 126 valence electrons. The molecule has 0 radical (unpaired) electrons. The van der Waals surface area contributed by atoms with Crippen LogP contribution in [-0.2, 0) is 11.2 Å². The summed E-state index contributed by atoms with van der Waals surface area (Å²) in [6, 6.07) is 16.7. The molecule has 0 atom stereocenters. The van der Waals surface area contributed by atoms with E-state index in [0.29, 0.717) is 12.1 Å². The van der Waals surface area contributed by atoms with Crippen LogP contribution in [-0.4, -0.2) is 25.0 Å². The molecule has 24 heavy (non-hydrogen) atoms. The summed E-state index contributed by atoms with van der Waals surface area (Å²) in [6.07, 6.45) is 0.309. The SMILES string of the molecule is CC(C)NC(=O)Nc1ccc(CC(=O)N(C)c2ccccc2)cc1. The van der Waals surface area contributed by atoms with Crippen LogP contribution in [0, 0.1) is 0 Å². The molecule has 0 aromatic heterocycles. The Balaban J connectivity index is 1.94. The zero-order chi connectivity index (χ0) is 17.5. The van der Waals surface area contributed by atoms with Crippen molar-refractivity contribution in [3.63, 3.8) is 0 Å². The zero-order valence-corrected chi connectivity index (χ0v) is 14.2. The summed E-state index contributed by atoms with van der Waals surface area (Å²) in [5.41, 5.74) is 2.46. The van der Waals surface area contributed by atoms with Crippen LogP contribution in [0.15, 0.2) is 54.6 Å². The number of rotatable bonds is 5. The van der Waals surface area contributed by atoms with Crippen molar-refractivity contribution in [2.45, 2.75) is 26.3 Å². The molecule has 2 N–H and O–H groups in total. The van der Waals surface area contributed by atoms with E-state index in [1.54, 1.807) is 24.1 Å². The molecule has 0 saturated carbocycles. The lowest BCUT2D eigenvalue weighted by Crippen LogP contribution is -2.34. The highest BCUT2D eigenvalue weighted by Gasteiger charge is 2.11. The number of carbonyl (C=O) groups excluding carboxylic acids is 2. The minimum Gasteiger partial charge on any atom is -0.336 e. The summed E-state index contributed by atoms with van der Waals surface area (Å²) < 4.78 is 0. The maximum Gasteiger partial charge on any atom is 0.319 e. The van der Waals surface area contributed by atoms with E-state index >= 15 is 0 Å². The van der Waals surface area contributed by atoms with E-state index in [-0.39, 0.29) is 18.0 Å². The highest BCUT2D eigenvalue weighted by Crippen LogP contribution is 2.15. The van der Waals surface area contributed by atoms with Crippen molar-refractivity contribution in [3.8, 4) is 0 Å². The number of hydrogen-bond donors (Lipinski definition) is 2. The van der Waals surface area contributed by atoms with Gasteiger partial charge in [-0.3, -0.25) is 4.79 Å². The Hall–Kier alpha value is -2.82. The lowest BCUT2D eigenvalue weighted by atomic mass is 10.1. The second-order valence-electron chi connectivity index (χ2n) is 5.92. The summed E-state index contributed by atoms with van der Waals surface area (Å²) in [4.78, 5) is 25.6. The molecule has 3 amide bonds. The van der Waals surface area contributed by atoms with Gasteiger partial charge in [0.15, 0.2) is 0 Å². The molecule has 0 aliphatic heterocycles. The Labute approximate surface area is 142 Å². The van der Waals surface area contributed by atoms with E-state index in [1.165, 1.54) is 0 Å². The molecule has 0 spiro atoms. The normalized spacial score (nSPS) is 10.3. The van der Waals surface area contributed by atoms with Gasteiger partial charge in [-0.2, -0.15) is 0 Å². The van der Waals surface area contributed by atoms with Gasteiger partial charge >= 0.3 is 6.03 Å². The molecule has 0 aliphatic carbocycles. The van der Waals surface area contributed by atoms with E-state index in [0.717, 1.165) is 11.3 Å². The first-order valence-corrected chi connectivity index (χ1v) is 7.94. The molecule has 0 aliphatic rings. The molecule has 0 heterocycles. The molecule has 5 nitrogen and oxygen atoms in total. The predicted molar refractivity (Wildman–Crippen MR) is 97.3 cm³/mol. The van der Waals surface area contributed by atoms with Crippen LogP contribution in [0.1, 0.15) is 19.4 Å². The minimum atomic E-state index is -0.238. The third kappa shape index (κ3) is 5.12.